The molecule has 0 saturated carbocycles. The number of aromatic amines is 1. The van der Waals surface area contributed by atoms with E-state index in [1.807, 2.05) is 61.7 Å². The number of rotatable bonds is 3. The van der Waals surface area contributed by atoms with Crippen molar-refractivity contribution in [1.29, 1.82) is 0 Å². The molecule has 6 heteroatoms. The predicted molar refractivity (Wildman–Crippen MR) is 109 cm³/mol. The highest BCUT2D eigenvalue weighted by atomic mass is 16.3. The Morgan fingerprint density at radius 1 is 1.11 bits per heavy atom. The lowest BCUT2D eigenvalue weighted by molar-refractivity contribution is 0.143. The smallest absolute Gasteiger partial charge is 0.131 e. The number of nitrogens with one attached hydrogen (secondary N) is 1. The van der Waals surface area contributed by atoms with Gasteiger partial charge in [0.25, 0.3) is 0 Å². The van der Waals surface area contributed by atoms with Crippen molar-refractivity contribution in [3.63, 3.8) is 0 Å². The second kappa shape index (κ2) is 6.95. The normalized spacial score (nSPS) is 12.6. The van der Waals surface area contributed by atoms with Crippen molar-refractivity contribution in [2.45, 2.75) is 32.4 Å². The van der Waals surface area contributed by atoms with Crippen molar-refractivity contribution in [1.82, 2.24) is 25.0 Å². The van der Waals surface area contributed by atoms with Crippen LogP contribution in [-0.2, 0) is 0 Å². The molecule has 0 bridgehead atoms. The van der Waals surface area contributed by atoms with E-state index in [2.05, 4.69) is 32.1 Å². The third-order valence-corrected chi connectivity index (χ3v) is 4.40. The highest BCUT2D eigenvalue weighted by Gasteiger charge is 2.15. The summed E-state index contributed by atoms with van der Waals surface area (Å²) in [7, 11) is 0. The molecule has 0 saturated heterocycles. The molecule has 140 valence electrons. The number of imidazole rings is 1. The van der Waals surface area contributed by atoms with E-state index in [0.717, 1.165) is 33.7 Å². The predicted octanol–water partition coefficient (Wildman–Crippen LogP) is 3.55. The maximum Gasteiger partial charge on any atom is 0.131 e. The first kappa shape index (κ1) is 18.0. The Hall–Kier alpha value is -3.43. The molecule has 0 aliphatic heterocycles. The summed E-state index contributed by atoms with van der Waals surface area (Å²) in [5, 5.41) is 18.3. The molecular weight excluding hydrogens is 350 g/mol. The lowest BCUT2D eigenvalue weighted by Gasteiger charge is -2.07. The Bertz CT molecular complexity index is 1140. The quantitative estimate of drug-likeness (QED) is 0.540. The van der Waals surface area contributed by atoms with Gasteiger partial charge in [0.2, 0.25) is 0 Å². The molecule has 0 aliphatic rings. The van der Waals surface area contributed by atoms with Crippen molar-refractivity contribution in [2.75, 3.05) is 0 Å². The molecule has 2 aromatic heterocycles. The van der Waals surface area contributed by atoms with Crippen LogP contribution in [0.25, 0.3) is 22.3 Å². The summed E-state index contributed by atoms with van der Waals surface area (Å²) in [5.74, 6) is 6.62. The van der Waals surface area contributed by atoms with Gasteiger partial charge in [-0.05, 0) is 45.0 Å². The lowest BCUT2D eigenvalue weighted by Crippen LogP contribution is -2.14. The van der Waals surface area contributed by atoms with E-state index in [1.54, 1.807) is 18.5 Å². The van der Waals surface area contributed by atoms with Crippen LogP contribution >= 0.6 is 0 Å². The molecule has 0 amide bonds. The summed E-state index contributed by atoms with van der Waals surface area (Å²) in [6.07, 6.45) is 1.91. The minimum absolute atomic E-state index is 0.0643. The molecule has 2 heterocycles. The van der Waals surface area contributed by atoms with Crippen molar-refractivity contribution in [2.24, 2.45) is 0 Å². The number of nitrogens with zero attached hydrogens (tertiary/aromatic N) is 4. The zero-order valence-electron chi connectivity index (χ0n) is 16.0. The Morgan fingerprint density at radius 3 is 2.57 bits per heavy atom. The zero-order chi connectivity index (χ0) is 19.7. The molecule has 4 aromatic rings. The van der Waals surface area contributed by atoms with E-state index in [1.165, 1.54) is 0 Å². The van der Waals surface area contributed by atoms with Gasteiger partial charge in [-0.2, -0.15) is 0 Å². The van der Waals surface area contributed by atoms with Crippen LogP contribution in [0, 0.1) is 11.8 Å². The van der Waals surface area contributed by atoms with E-state index in [9.17, 15) is 5.11 Å². The standard InChI is InChI=1S/C22H21N5O/c1-15(21-23-18-6-4-5-7-19(18)24-21)27-14-20(25-26-27)17-10-8-16(9-11-17)12-13-22(2,3)28/h4-11,14-15,28H,1-3H3,(H,23,24). The number of hydrogen-bond donors (Lipinski definition) is 2. The Kier molecular flexibility index (Phi) is 4.46. The molecule has 0 radical (unpaired) electrons. The molecule has 28 heavy (non-hydrogen) atoms. The van der Waals surface area contributed by atoms with Gasteiger partial charge < -0.3 is 10.1 Å². The summed E-state index contributed by atoms with van der Waals surface area (Å²) >= 11 is 0. The van der Waals surface area contributed by atoms with Gasteiger partial charge in [-0.25, -0.2) is 9.67 Å². The van der Waals surface area contributed by atoms with Crippen molar-refractivity contribution < 1.29 is 5.11 Å². The Morgan fingerprint density at radius 2 is 1.86 bits per heavy atom. The molecule has 6 nitrogen and oxygen atoms in total. The summed E-state index contributed by atoms with van der Waals surface area (Å²) in [5.41, 5.74) is 3.52. The summed E-state index contributed by atoms with van der Waals surface area (Å²) in [6.45, 7) is 5.36. The van der Waals surface area contributed by atoms with E-state index < -0.39 is 5.60 Å². The minimum atomic E-state index is -1.01. The Labute approximate surface area is 163 Å². The maximum atomic E-state index is 9.70. The number of benzene rings is 2. The minimum Gasteiger partial charge on any atom is -0.378 e. The van der Waals surface area contributed by atoms with Gasteiger partial charge in [0.15, 0.2) is 0 Å². The highest BCUT2D eigenvalue weighted by Crippen LogP contribution is 2.22. The van der Waals surface area contributed by atoms with Crippen LogP contribution in [0.1, 0.15) is 38.2 Å². The highest BCUT2D eigenvalue weighted by molar-refractivity contribution is 5.74. The number of fused-ring (bicyclic) bond motifs is 1. The molecule has 0 spiro atoms. The van der Waals surface area contributed by atoms with E-state index in [-0.39, 0.29) is 6.04 Å². The van der Waals surface area contributed by atoms with Crippen LogP contribution < -0.4 is 0 Å². The number of H-pyrrole nitrogens is 1. The number of aliphatic hydroxyl groups is 1. The maximum absolute atomic E-state index is 9.70. The molecule has 0 fully saturated rings. The van der Waals surface area contributed by atoms with E-state index in [4.69, 9.17) is 0 Å². The van der Waals surface area contributed by atoms with Gasteiger partial charge in [-0.15, -0.1) is 5.10 Å². The van der Waals surface area contributed by atoms with Gasteiger partial charge in [-0.3, -0.25) is 0 Å². The SMILES string of the molecule is CC(c1nc2ccccc2[nH]1)n1cc(-c2ccc(C#CC(C)(C)O)cc2)nn1. The molecule has 1 unspecified atom stereocenters. The second-order valence-corrected chi connectivity index (χ2v) is 7.29. The molecule has 2 N–H and O–H groups in total. The number of aromatic nitrogens is 5. The fraction of sp³-hybridized carbons (Fsp3) is 0.227. The van der Waals surface area contributed by atoms with Gasteiger partial charge in [0.05, 0.1) is 17.2 Å². The van der Waals surface area contributed by atoms with Crippen molar-refractivity contribution >= 4 is 11.0 Å². The molecule has 4 rings (SSSR count). The third-order valence-electron chi connectivity index (χ3n) is 4.40. The largest absolute Gasteiger partial charge is 0.378 e. The van der Waals surface area contributed by atoms with Crippen LogP contribution in [0.15, 0.2) is 54.7 Å². The first-order valence-electron chi connectivity index (χ1n) is 9.11. The number of hydrogen-bond acceptors (Lipinski definition) is 4. The lowest BCUT2D eigenvalue weighted by atomic mass is 10.1. The molecular formula is C22H21N5O. The molecule has 2 aromatic carbocycles. The second-order valence-electron chi connectivity index (χ2n) is 7.29. The average Bonchev–Trinajstić information content (AvgIpc) is 3.33. The fourth-order valence-electron chi connectivity index (χ4n) is 2.84. The van der Waals surface area contributed by atoms with Gasteiger partial charge in [0, 0.05) is 11.1 Å². The van der Waals surface area contributed by atoms with Crippen molar-refractivity contribution in [3.05, 3.63) is 66.1 Å². The molecule has 1 atom stereocenters. The van der Waals surface area contributed by atoms with Crippen LogP contribution in [0.2, 0.25) is 0 Å². The first-order chi connectivity index (χ1) is 13.4. The van der Waals surface area contributed by atoms with E-state index in [0.29, 0.717) is 0 Å². The zero-order valence-corrected chi connectivity index (χ0v) is 16.0. The summed E-state index contributed by atoms with van der Waals surface area (Å²) in [4.78, 5) is 7.98. The number of para-hydroxylation sites is 2. The van der Waals surface area contributed by atoms with Gasteiger partial charge >= 0.3 is 0 Å². The molecule has 0 aliphatic carbocycles. The van der Waals surface area contributed by atoms with E-state index >= 15 is 0 Å². The summed E-state index contributed by atoms with van der Waals surface area (Å²) < 4.78 is 1.80. The van der Waals surface area contributed by atoms with Crippen LogP contribution in [-0.4, -0.2) is 35.7 Å². The third kappa shape index (κ3) is 3.80. The first-order valence-corrected chi connectivity index (χ1v) is 9.11. The van der Waals surface area contributed by atoms with Crippen LogP contribution in [0.3, 0.4) is 0 Å². The monoisotopic (exact) mass is 371 g/mol. The Balaban J connectivity index is 1.56. The summed E-state index contributed by atoms with van der Waals surface area (Å²) in [6, 6.07) is 15.6. The van der Waals surface area contributed by atoms with Crippen LogP contribution in [0.5, 0.6) is 0 Å². The van der Waals surface area contributed by atoms with Crippen molar-refractivity contribution in [3.8, 4) is 23.1 Å². The fourth-order valence-corrected chi connectivity index (χ4v) is 2.84. The van der Waals surface area contributed by atoms with Gasteiger partial charge in [-0.1, -0.05) is 41.3 Å². The van der Waals surface area contributed by atoms with Gasteiger partial charge in [0.1, 0.15) is 23.2 Å². The topological polar surface area (TPSA) is 79.6 Å². The average molecular weight is 371 g/mol. The van der Waals surface area contributed by atoms with Crippen LogP contribution in [0.4, 0.5) is 0 Å².